The summed E-state index contributed by atoms with van der Waals surface area (Å²) in [7, 11) is -3.45. The van der Waals surface area contributed by atoms with Gasteiger partial charge in [-0.3, -0.25) is 9.10 Å². The molecule has 2 rings (SSSR count). The Labute approximate surface area is 166 Å². The maximum atomic E-state index is 13.0. The van der Waals surface area contributed by atoms with Crippen molar-refractivity contribution in [2.45, 2.75) is 39.7 Å². The van der Waals surface area contributed by atoms with Crippen molar-refractivity contribution in [2.24, 2.45) is 0 Å². The first-order valence-corrected chi connectivity index (χ1v) is 11.0. The minimum absolute atomic E-state index is 0.175. The van der Waals surface area contributed by atoms with E-state index >= 15 is 0 Å². The molecule has 1 unspecified atom stereocenters. The van der Waals surface area contributed by atoms with Gasteiger partial charge in [0.15, 0.2) is 0 Å². The van der Waals surface area contributed by atoms with Gasteiger partial charge in [-0.2, -0.15) is 0 Å². The largest absolute Gasteiger partial charge is 0.350 e. The van der Waals surface area contributed by atoms with Gasteiger partial charge in [-0.15, -0.1) is 0 Å². The zero-order valence-corrected chi connectivity index (χ0v) is 17.5. The molecule has 7 heteroatoms. The van der Waals surface area contributed by atoms with Crippen molar-refractivity contribution in [3.63, 3.8) is 0 Å². The lowest BCUT2D eigenvalue weighted by Gasteiger charge is -2.23. The average molecular weight is 407 g/mol. The van der Waals surface area contributed by atoms with Gasteiger partial charge in [0.1, 0.15) is 5.82 Å². The van der Waals surface area contributed by atoms with Crippen LogP contribution >= 0.6 is 0 Å². The lowest BCUT2D eigenvalue weighted by molar-refractivity contribution is -0.121. The number of rotatable bonds is 8. The Morgan fingerprint density at radius 2 is 1.68 bits per heavy atom. The van der Waals surface area contributed by atoms with Gasteiger partial charge in [-0.05, 0) is 68.1 Å². The van der Waals surface area contributed by atoms with Gasteiger partial charge in [-0.25, -0.2) is 12.8 Å². The third-order valence-electron chi connectivity index (χ3n) is 4.41. The molecule has 0 fully saturated rings. The third kappa shape index (κ3) is 6.34. The second-order valence-electron chi connectivity index (χ2n) is 7.13. The standard InChI is InChI=1S/C21H27FN2O3S/c1-15-12-16(2)14-20(13-15)24(28(4,26)27)11-5-6-21(25)23-17(3)18-7-9-19(22)10-8-18/h7-10,12-14,17H,5-6,11H2,1-4H3,(H,23,25). The van der Waals surface area contributed by atoms with Crippen LogP contribution in [0.3, 0.4) is 0 Å². The van der Waals surface area contributed by atoms with E-state index in [0.29, 0.717) is 12.1 Å². The summed E-state index contributed by atoms with van der Waals surface area (Å²) in [5.74, 6) is -0.500. The summed E-state index contributed by atoms with van der Waals surface area (Å²) < 4.78 is 38.8. The molecule has 28 heavy (non-hydrogen) atoms. The lowest BCUT2D eigenvalue weighted by Crippen LogP contribution is -2.32. The van der Waals surface area contributed by atoms with E-state index in [0.717, 1.165) is 16.7 Å². The van der Waals surface area contributed by atoms with Gasteiger partial charge >= 0.3 is 0 Å². The first kappa shape index (κ1) is 21.9. The molecule has 0 aliphatic carbocycles. The van der Waals surface area contributed by atoms with Crippen molar-refractivity contribution in [3.8, 4) is 0 Å². The summed E-state index contributed by atoms with van der Waals surface area (Å²) >= 11 is 0. The van der Waals surface area contributed by atoms with Crippen molar-refractivity contribution in [2.75, 3.05) is 17.1 Å². The normalized spacial score (nSPS) is 12.5. The predicted molar refractivity (Wildman–Crippen MR) is 110 cm³/mol. The first-order chi connectivity index (χ1) is 13.1. The van der Waals surface area contributed by atoms with E-state index in [9.17, 15) is 17.6 Å². The van der Waals surface area contributed by atoms with Crippen LogP contribution in [0.1, 0.15) is 42.5 Å². The summed E-state index contributed by atoms with van der Waals surface area (Å²) in [6.45, 7) is 5.88. The molecule has 152 valence electrons. The lowest BCUT2D eigenvalue weighted by atomic mass is 10.1. The zero-order valence-electron chi connectivity index (χ0n) is 16.7. The highest BCUT2D eigenvalue weighted by Crippen LogP contribution is 2.22. The Hall–Kier alpha value is -2.41. The van der Waals surface area contributed by atoms with Crippen molar-refractivity contribution in [3.05, 3.63) is 65.0 Å². The number of benzene rings is 2. The van der Waals surface area contributed by atoms with Crippen LogP contribution in [0.2, 0.25) is 0 Å². The molecule has 0 aliphatic rings. The van der Waals surface area contributed by atoms with Crippen molar-refractivity contribution >= 4 is 21.6 Å². The maximum Gasteiger partial charge on any atom is 0.232 e. The van der Waals surface area contributed by atoms with Gasteiger partial charge < -0.3 is 5.32 Å². The molecule has 2 aromatic carbocycles. The molecule has 1 amide bonds. The topological polar surface area (TPSA) is 66.5 Å². The highest BCUT2D eigenvalue weighted by Gasteiger charge is 2.18. The van der Waals surface area contributed by atoms with E-state index in [4.69, 9.17) is 0 Å². The zero-order chi connectivity index (χ0) is 20.9. The Bertz CT molecular complexity index is 907. The minimum Gasteiger partial charge on any atom is -0.350 e. The number of carbonyl (C=O) groups is 1. The molecule has 0 saturated heterocycles. The van der Waals surface area contributed by atoms with E-state index < -0.39 is 10.0 Å². The molecule has 2 aromatic rings. The fourth-order valence-corrected chi connectivity index (χ4v) is 4.06. The van der Waals surface area contributed by atoms with Crippen LogP contribution in [0.4, 0.5) is 10.1 Å². The van der Waals surface area contributed by atoms with E-state index in [1.54, 1.807) is 12.1 Å². The molecule has 0 heterocycles. The average Bonchev–Trinajstić information content (AvgIpc) is 2.57. The highest BCUT2D eigenvalue weighted by atomic mass is 32.2. The van der Waals surface area contributed by atoms with Gasteiger partial charge in [0.05, 0.1) is 18.0 Å². The molecule has 0 saturated carbocycles. The van der Waals surface area contributed by atoms with Crippen LogP contribution in [0.5, 0.6) is 0 Å². The number of sulfonamides is 1. The van der Waals surface area contributed by atoms with E-state index in [2.05, 4.69) is 5.32 Å². The van der Waals surface area contributed by atoms with Crippen LogP contribution in [0.25, 0.3) is 0 Å². The number of carbonyl (C=O) groups excluding carboxylic acids is 1. The summed E-state index contributed by atoms with van der Waals surface area (Å²) in [5, 5.41) is 2.86. The number of hydrogen-bond donors (Lipinski definition) is 1. The van der Waals surface area contributed by atoms with Gasteiger partial charge in [0.25, 0.3) is 0 Å². The van der Waals surface area contributed by atoms with Crippen LogP contribution in [-0.4, -0.2) is 27.1 Å². The Morgan fingerprint density at radius 3 is 2.21 bits per heavy atom. The van der Waals surface area contributed by atoms with Gasteiger partial charge in [-0.1, -0.05) is 18.2 Å². The first-order valence-electron chi connectivity index (χ1n) is 9.17. The van der Waals surface area contributed by atoms with Gasteiger partial charge in [0, 0.05) is 13.0 Å². The molecule has 0 aliphatic heterocycles. The predicted octanol–water partition coefficient (Wildman–Crippen LogP) is 3.87. The number of aryl methyl sites for hydroxylation is 2. The number of nitrogens with one attached hydrogen (secondary N) is 1. The fraction of sp³-hybridized carbons (Fsp3) is 0.381. The molecular formula is C21H27FN2O3S. The summed E-state index contributed by atoms with van der Waals surface area (Å²) in [5.41, 5.74) is 3.38. The molecule has 0 spiro atoms. The number of halogens is 1. The number of anilines is 1. The number of nitrogens with zero attached hydrogens (tertiary/aromatic N) is 1. The fourth-order valence-electron chi connectivity index (χ4n) is 3.11. The van der Waals surface area contributed by atoms with E-state index in [1.807, 2.05) is 39.0 Å². The van der Waals surface area contributed by atoms with Crippen LogP contribution in [0.15, 0.2) is 42.5 Å². The van der Waals surface area contributed by atoms with Crippen molar-refractivity contribution in [1.29, 1.82) is 0 Å². The number of hydrogen-bond acceptors (Lipinski definition) is 3. The maximum absolute atomic E-state index is 13.0. The third-order valence-corrected chi connectivity index (χ3v) is 5.60. The Morgan fingerprint density at radius 1 is 1.11 bits per heavy atom. The van der Waals surface area contributed by atoms with Crippen LogP contribution in [-0.2, 0) is 14.8 Å². The van der Waals surface area contributed by atoms with E-state index in [1.165, 1.54) is 22.7 Å². The molecule has 1 atom stereocenters. The molecule has 1 N–H and O–H groups in total. The molecule has 0 bridgehead atoms. The quantitative estimate of drug-likeness (QED) is 0.724. The molecule has 5 nitrogen and oxygen atoms in total. The minimum atomic E-state index is -3.45. The van der Waals surface area contributed by atoms with Gasteiger partial charge in [0.2, 0.25) is 15.9 Å². The SMILES string of the molecule is Cc1cc(C)cc(N(CCCC(=O)NC(C)c2ccc(F)cc2)S(C)(=O)=O)c1. The summed E-state index contributed by atoms with van der Waals surface area (Å²) in [6.07, 6.45) is 1.76. The van der Waals surface area contributed by atoms with Crippen molar-refractivity contribution < 1.29 is 17.6 Å². The molecular weight excluding hydrogens is 379 g/mol. The Balaban J connectivity index is 1.96. The summed E-state index contributed by atoms with van der Waals surface area (Å²) in [4.78, 5) is 12.2. The smallest absolute Gasteiger partial charge is 0.232 e. The molecule has 0 aromatic heterocycles. The highest BCUT2D eigenvalue weighted by molar-refractivity contribution is 7.92. The monoisotopic (exact) mass is 406 g/mol. The Kier molecular flexibility index (Phi) is 7.18. The van der Waals surface area contributed by atoms with Crippen molar-refractivity contribution in [1.82, 2.24) is 5.32 Å². The van der Waals surface area contributed by atoms with Crippen LogP contribution in [0, 0.1) is 19.7 Å². The second kappa shape index (κ2) is 9.19. The van der Waals surface area contributed by atoms with E-state index in [-0.39, 0.29) is 30.7 Å². The molecule has 0 radical (unpaired) electrons. The second-order valence-corrected chi connectivity index (χ2v) is 9.03. The summed E-state index contributed by atoms with van der Waals surface area (Å²) in [6, 6.07) is 11.3. The number of amides is 1. The van der Waals surface area contributed by atoms with Crippen LogP contribution < -0.4 is 9.62 Å².